The van der Waals surface area contributed by atoms with Crippen molar-refractivity contribution in [3.05, 3.63) is 49.6 Å². The topological polar surface area (TPSA) is 128 Å². The van der Waals surface area contributed by atoms with Crippen LogP contribution in [0.5, 0.6) is 0 Å². The van der Waals surface area contributed by atoms with Gasteiger partial charge in [-0.2, -0.15) is 18.2 Å². The molecule has 0 radical (unpaired) electrons. The van der Waals surface area contributed by atoms with Gasteiger partial charge in [0.2, 0.25) is 5.89 Å². The molecule has 4 rings (SSSR count). The molecule has 0 N–H and O–H groups in total. The highest BCUT2D eigenvalue weighted by molar-refractivity contribution is 5.76. The Morgan fingerprint density at radius 3 is 2.03 bits per heavy atom. The number of halogens is 3. The van der Waals surface area contributed by atoms with Gasteiger partial charge in [-0.3, -0.25) is 20.2 Å². The molecule has 0 atom stereocenters. The summed E-state index contributed by atoms with van der Waals surface area (Å²) in [6.07, 6.45) is -2.08. The summed E-state index contributed by atoms with van der Waals surface area (Å²) >= 11 is 0. The molecule has 0 bridgehead atoms. The van der Waals surface area contributed by atoms with E-state index < -0.39 is 38.6 Å². The summed E-state index contributed by atoms with van der Waals surface area (Å²) in [5.41, 5.74) is -3.72. The Morgan fingerprint density at radius 2 is 1.57 bits per heavy atom. The number of hydrogen-bond donors (Lipinski definition) is 0. The van der Waals surface area contributed by atoms with Crippen LogP contribution >= 0.6 is 0 Å². The number of hydrogen-bond acceptors (Lipinski definition) is 8. The number of nitrogens with zero attached hydrogens (tertiary/aromatic N) is 5. The highest BCUT2D eigenvalue weighted by Crippen LogP contribution is 2.45. The van der Waals surface area contributed by atoms with E-state index in [9.17, 15) is 33.4 Å². The maximum absolute atomic E-state index is 13.1. The maximum atomic E-state index is 13.1. The molecule has 1 aromatic heterocycles. The van der Waals surface area contributed by atoms with E-state index in [0.29, 0.717) is 42.6 Å². The van der Waals surface area contributed by atoms with Gasteiger partial charge < -0.3 is 9.42 Å². The average Bonchev–Trinajstić information content (AvgIpc) is 3.43. The van der Waals surface area contributed by atoms with E-state index in [1.807, 2.05) is 0 Å². The molecule has 1 aromatic carbocycles. The second-order valence-corrected chi connectivity index (χ2v) is 7.40. The second kappa shape index (κ2) is 7.22. The van der Waals surface area contributed by atoms with Crippen molar-refractivity contribution in [2.24, 2.45) is 0 Å². The predicted molar refractivity (Wildman–Crippen MR) is 95.2 cm³/mol. The van der Waals surface area contributed by atoms with Crippen molar-refractivity contribution in [3.63, 3.8) is 0 Å². The first-order valence-electron chi connectivity index (χ1n) is 9.27. The van der Waals surface area contributed by atoms with Crippen molar-refractivity contribution in [2.75, 3.05) is 18.0 Å². The molecule has 10 nitrogen and oxygen atoms in total. The zero-order valence-corrected chi connectivity index (χ0v) is 15.5. The third-order valence-electron chi connectivity index (χ3n) is 5.35. The molecular weight excluding hydrogens is 411 g/mol. The molecule has 30 heavy (non-hydrogen) atoms. The summed E-state index contributed by atoms with van der Waals surface area (Å²) in [5, 5.41) is 26.8. The maximum Gasteiger partial charge on any atom is 0.416 e. The van der Waals surface area contributed by atoms with Gasteiger partial charge in [-0.15, -0.1) is 0 Å². The summed E-state index contributed by atoms with van der Waals surface area (Å²) in [6.45, 7) is 0.343. The minimum Gasteiger partial charge on any atom is -0.360 e. The Balaban J connectivity index is 1.61. The number of anilines is 1. The van der Waals surface area contributed by atoms with E-state index in [-0.39, 0.29) is 19.0 Å². The molecule has 0 spiro atoms. The van der Waals surface area contributed by atoms with Crippen LogP contribution in [-0.2, 0) is 6.18 Å². The van der Waals surface area contributed by atoms with E-state index in [4.69, 9.17) is 4.52 Å². The second-order valence-electron chi connectivity index (χ2n) is 7.40. The number of aromatic nitrogens is 2. The van der Waals surface area contributed by atoms with Crippen LogP contribution in [0.15, 0.2) is 16.7 Å². The number of alkyl halides is 3. The molecule has 1 aliphatic carbocycles. The van der Waals surface area contributed by atoms with Gasteiger partial charge in [0.15, 0.2) is 11.5 Å². The van der Waals surface area contributed by atoms with Crippen LogP contribution in [0.25, 0.3) is 0 Å². The zero-order valence-electron chi connectivity index (χ0n) is 15.5. The van der Waals surface area contributed by atoms with Crippen LogP contribution < -0.4 is 4.90 Å². The first kappa shape index (κ1) is 20.0. The molecule has 1 saturated carbocycles. The van der Waals surface area contributed by atoms with Crippen molar-refractivity contribution in [1.29, 1.82) is 0 Å². The standard InChI is InChI=1S/C17H16F3N5O5/c18-17(19,20)11-7-12(24(26)27)14(13(8-11)25(28)29)23-5-3-9(4-6-23)15-21-16(30-22-15)10-1-2-10/h7-10H,1-6H2. The number of benzene rings is 1. The first-order valence-corrected chi connectivity index (χ1v) is 9.27. The lowest BCUT2D eigenvalue weighted by Gasteiger charge is -2.31. The van der Waals surface area contributed by atoms with Gasteiger partial charge in [0.25, 0.3) is 11.4 Å². The van der Waals surface area contributed by atoms with E-state index in [1.54, 1.807) is 0 Å². The van der Waals surface area contributed by atoms with Gasteiger partial charge in [-0.1, -0.05) is 5.16 Å². The van der Waals surface area contributed by atoms with Gasteiger partial charge in [-0.05, 0) is 25.7 Å². The van der Waals surface area contributed by atoms with E-state index >= 15 is 0 Å². The highest BCUT2D eigenvalue weighted by Gasteiger charge is 2.40. The minimum atomic E-state index is -4.95. The van der Waals surface area contributed by atoms with Crippen molar-refractivity contribution in [1.82, 2.24) is 10.1 Å². The highest BCUT2D eigenvalue weighted by atomic mass is 19.4. The van der Waals surface area contributed by atoms with E-state index in [2.05, 4.69) is 10.1 Å². The summed E-state index contributed by atoms with van der Waals surface area (Å²) in [6, 6.07) is 0.686. The molecule has 13 heteroatoms. The molecule has 2 heterocycles. The molecule has 160 valence electrons. The summed E-state index contributed by atoms with van der Waals surface area (Å²) < 4.78 is 44.4. The number of nitro groups is 2. The van der Waals surface area contributed by atoms with Gasteiger partial charge >= 0.3 is 6.18 Å². The third kappa shape index (κ3) is 3.78. The molecule has 0 amide bonds. The fourth-order valence-corrected chi connectivity index (χ4v) is 3.64. The Kier molecular flexibility index (Phi) is 4.82. The fourth-order valence-electron chi connectivity index (χ4n) is 3.64. The molecule has 2 aromatic rings. The quantitative estimate of drug-likeness (QED) is 0.514. The lowest BCUT2D eigenvalue weighted by atomic mass is 9.95. The smallest absolute Gasteiger partial charge is 0.360 e. The molecular formula is C17H16F3N5O5. The van der Waals surface area contributed by atoms with E-state index in [0.717, 1.165) is 12.8 Å². The average molecular weight is 427 g/mol. The number of rotatable bonds is 5. The van der Waals surface area contributed by atoms with Gasteiger partial charge in [-0.25, -0.2) is 0 Å². The van der Waals surface area contributed by atoms with Crippen LogP contribution in [0.3, 0.4) is 0 Å². The third-order valence-corrected chi connectivity index (χ3v) is 5.35. The molecule has 2 fully saturated rings. The molecule has 2 aliphatic rings. The molecule has 1 aliphatic heterocycles. The SMILES string of the molecule is O=[N+]([O-])c1cc(C(F)(F)F)cc([N+](=O)[O-])c1N1CCC(c2noc(C3CC3)n2)CC1. The van der Waals surface area contributed by atoms with Crippen LogP contribution in [-0.4, -0.2) is 33.1 Å². The fraction of sp³-hybridized carbons (Fsp3) is 0.529. The Hall–Kier alpha value is -3.25. The molecule has 0 unspecified atom stereocenters. The number of piperidine rings is 1. The Bertz CT molecular complexity index is 961. The lowest BCUT2D eigenvalue weighted by Crippen LogP contribution is -2.34. The van der Waals surface area contributed by atoms with Crippen LogP contribution in [0.1, 0.15) is 54.8 Å². The number of nitro benzene ring substituents is 2. The summed E-state index contributed by atoms with van der Waals surface area (Å²) in [4.78, 5) is 26.6. The van der Waals surface area contributed by atoms with Crippen molar-refractivity contribution in [2.45, 2.75) is 43.7 Å². The zero-order chi connectivity index (χ0) is 21.6. The van der Waals surface area contributed by atoms with Gasteiger partial charge in [0.1, 0.15) is 0 Å². The van der Waals surface area contributed by atoms with Crippen LogP contribution in [0.2, 0.25) is 0 Å². The Morgan fingerprint density at radius 1 is 1.00 bits per heavy atom. The van der Waals surface area contributed by atoms with Gasteiger partial charge in [0, 0.05) is 37.1 Å². The Labute approximate surface area is 167 Å². The lowest BCUT2D eigenvalue weighted by molar-refractivity contribution is -0.393. The van der Waals surface area contributed by atoms with Crippen molar-refractivity contribution < 1.29 is 27.5 Å². The first-order chi connectivity index (χ1) is 14.1. The van der Waals surface area contributed by atoms with E-state index in [1.165, 1.54) is 4.90 Å². The largest absolute Gasteiger partial charge is 0.416 e. The van der Waals surface area contributed by atoms with Crippen LogP contribution in [0.4, 0.5) is 30.2 Å². The van der Waals surface area contributed by atoms with Crippen molar-refractivity contribution in [3.8, 4) is 0 Å². The summed E-state index contributed by atoms with van der Waals surface area (Å²) in [5.74, 6) is 1.31. The van der Waals surface area contributed by atoms with Crippen LogP contribution in [0, 0.1) is 20.2 Å². The minimum absolute atomic E-state index is 0.0925. The normalized spacial score (nSPS) is 17.9. The van der Waals surface area contributed by atoms with Gasteiger partial charge in [0.05, 0.1) is 15.4 Å². The van der Waals surface area contributed by atoms with Crippen molar-refractivity contribution >= 4 is 17.1 Å². The summed E-state index contributed by atoms with van der Waals surface area (Å²) in [7, 11) is 0. The monoisotopic (exact) mass is 427 g/mol. The predicted octanol–water partition coefficient (Wildman–Crippen LogP) is 4.17. The molecule has 1 saturated heterocycles.